The molecule has 1 fully saturated rings. The summed E-state index contributed by atoms with van der Waals surface area (Å²) in [6.07, 6.45) is 4.08. The first-order chi connectivity index (χ1) is 10.7. The summed E-state index contributed by atoms with van der Waals surface area (Å²) in [6.45, 7) is 10.5. The minimum atomic E-state index is 0.663. The normalized spacial score (nSPS) is 24.4. The summed E-state index contributed by atoms with van der Waals surface area (Å²) in [5.41, 5.74) is 0. The molecule has 2 aliphatic heterocycles. The standard InChI is InChI=1S/C16H29N5O/c1-18(2)5-6-20-12-15(11-19-7-9-22-10-8-19)13-21-4-3-17-16(21)14-20/h3-4,15H,5-14H2,1-2H3. The Morgan fingerprint density at radius 2 is 2.05 bits per heavy atom. The Morgan fingerprint density at radius 3 is 2.82 bits per heavy atom. The van der Waals surface area contributed by atoms with E-state index >= 15 is 0 Å². The van der Waals surface area contributed by atoms with Gasteiger partial charge in [-0.15, -0.1) is 0 Å². The molecule has 0 radical (unpaired) electrons. The first-order valence-corrected chi connectivity index (χ1v) is 8.38. The van der Waals surface area contributed by atoms with Gasteiger partial charge in [-0.05, 0) is 14.1 Å². The van der Waals surface area contributed by atoms with Gasteiger partial charge in [0.05, 0.1) is 19.8 Å². The number of morpholine rings is 1. The Kier molecular flexibility index (Phi) is 5.46. The van der Waals surface area contributed by atoms with Gasteiger partial charge >= 0.3 is 0 Å². The maximum atomic E-state index is 5.47. The van der Waals surface area contributed by atoms with Crippen molar-refractivity contribution >= 4 is 0 Å². The summed E-state index contributed by atoms with van der Waals surface area (Å²) >= 11 is 0. The van der Waals surface area contributed by atoms with Crippen LogP contribution in [0.15, 0.2) is 12.4 Å². The van der Waals surface area contributed by atoms with Crippen molar-refractivity contribution in [3.05, 3.63) is 18.2 Å². The van der Waals surface area contributed by atoms with Crippen molar-refractivity contribution < 1.29 is 4.74 Å². The van der Waals surface area contributed by atoms with E-state index in [2.05, 4.69) is 44.5 Å². The SMILES string of the molecule is CN(C)CCN1Cc2nccn2CC(CN2CCOCC2)C1. The number of hydrogen-bond donors (Lipinski definition) is 0. The number of ether oxygens (including phenoxy) is 1. The highest BCUT2D eigenvalue weighted by Crippen LogP contribution is 2.17. The maximum absolute atomic E-state index is 5.47. The molecule has 1 atom stereocenters. The minimum Gasteiger partial charge on any atom is -0.379 e. The van der Waals surface area contributed by atoms with Gasteiger partial charge in [0.1, 0.15) is 5.82 Å². The number of hydrogen-bond acceptors (Lipinski definition) is 5. The number of nitrogens with zero attached hydrogens (tertiary/aromatic N) is 5. The van der Waals surface area contributed by atoms with E-state index in [4.69, 9.17) is 4.74 Å². The van der Waals surface area contributed by atoms with E-state index in [1.165, 1.54) is 12.4 Å². The molecule has 3 heterocycles. The van der Waals surface area contributed by atoms with Crippen molar-refractivity contribution in [2.45, 2.75) is 13.1 Å². The first kappa shape index (κ1) is 15.9. The smallest absolute Gasteiger partial charge is 0.122 e. The predicted molar refractivity (Wildman–Crippen MR) is 86.8 cm³/mol. The van der Waals surface area contributed by atoms with Gasteiger partial charge in [-0.3, -0.25) is 9.80 Å². The van der Waals surface area contributed by atoms with Crippen LogP contribution in [0.25, 0.3) is 0 Å². The van der Waals surface area contributed by atoms with Crippen LogP contribution in [0.3, 0.4) is 0 Å². The Balaban J connectivity index is 1.63. The molecule has 0 aliphatic carbocycles. The molecule has 2 aliphatic rings. The maximum Gasteiger partial charge on any atom is 0.122 e. The van der Waals surface area contributed by atoms with Crippen LogP contribution in [0.1, 0.15) is 5.82 Å². The molecule has 6 nitrogen and oxygen atoms in total. The summed E-state index contributed by atoms with van der Waals surface area (Å²) in [5, 5.41) is 0. The fourth-order valence-electron chi connectivity index (χ4n) is 3.40. The molecule has 0 saturated carbocycles. The Hall–Kier alpha value is -0.950. The number of aromatic nitrogens is 2. The van der Waals surface area contributed by atoms with Crippen molar-refractivity contribution in [1.82, 2.24) is 24.3 Å². The zero-order valence-electron chi connectivity index (χ0n) is 13.9. The summed E-state index contributed by atoms with van der Waals surface area (Å²) in [4.78, 5) is 11.9. The Morgan fingerprint density at radius 1 is 1.23 bits per heavy atom. The minimum absolute atomic E-state index is 0.663. The summed E-state index contributed by atoms with van der Waals surface area (Å²) in [5.74, 6) is 1.87. The summed E-state index contributed by atoms with van der Waals surface area (Å²) in [7, 11) is 4.29. The lowest BCUT2D eigenvalue weighted by Gasteiger charge is -2.32. The highest BCUT2D eigenvalue weighted by molar-refractivity contribution is 4.96. The third-order valence-corrected chi connectivity index (χ3v) is 4.62. The fourth-order valence-corrected chi connectivity index (χ4v) is 3.40. The average molecular weight is 307 g/mol. The highest BCUT2D eigenvalue weighted by Gasteiger charge is 2.24. The van der Waals surface area contributed by atoms with Crippen LogP contribution in [-0.4, -0.2) is 90.8 Å². The van der Waals surface area contributed by atoms with E-state index in [9.17, 15) is 0 Å². The lowest BCUT2D eigenvalue weighted by Crippen LogP contribution is -2.43. The topological polar surface area (TPSA) is 36.8 Å². The average Bonchev–Trinajstić information content (AvgIpc) is 2.86. The van der Waals surface area contributed by atoms with E-state index in [0.29, 0.717) is 5.92 Å². The van der Waals surface area contributed by atoms with E-state index in [-0.39, 0.29) is 0 Å². The molecule has 0 amide bonds. The van der Waals surface area contributed by atoms with Crippen molar-refractivity contribution in [1.29, 1.82) is 0 Å². The van der Waals surface area contributed by atoms with E-state index in [1.54, 1.807) is 0 Å². The lowest BCUT2D eigenvalue weighted by molar-refractivity contribution is 0.0266. The van der Waals surface area contributed by atoms with E-state index in [1.807, 2.05) is 6.20 Å². The quantitative estimate of drug-likeness (QED) is 0.777. The highest BCUT2D eigenvalue weighted by atomic mass is 16.5. The molecule has 0 bridgehead atoms. The van der Waals surface area contributed by atoms with Crippen LogP contribution in [0.2, 0.25) is 0 Å². The zero-order valence-corrected chi connectivity index (χ0v) is 13.9. The largest absolute Gasteiger partial charge is 0.379 e. The van der Waals surface area contributed by atoms with Crippen molar-refractivity contribution in [2.24, 2.45) is 5.92 Å². The molecule has 6 heteroatoms. The van der Waals surface area contributed by atoms with Gasteiger partial charge in [-0.2, -0.15) is 0 Å². The van der Waals surface area contributed by atoms with Crippen LogP contribution in [0.4, 0.5) is 0 Å². The van der Waals surface area contributed by atoms with Gasteiger partial charge in [0, 0.05) is 64.1 Å². The molecule has 0 N–H and O–H groups in total. The molecule has 1 saturated heterocycles. The molecule has 1 unspecified atom stereocenters. The molecular formula is C16H29N5O. The van der Waals surface area contributed by atoms with Crippen LogP contribution in [0.5, 0.6) is 0 Å². The summed E-state index contributed by atoms with van der Waals surface area (Å²) in [6, 6.07) is 0. The second-order valence-electron chi connectivity index (χ2n) is 6.81. The van der Waals surface area contributed by atoms with Gasteiger partial charge in [0.25, 0.3) is 0 Å². The Bertz CT molecular complexity index is 455. The van der Waals surface area contributed by atoms with Crippen molar-refractivity contribution in [3.63, 3.8) is 0 Å². The van der Waals surface area contributed by atoms with Crippen LogP contribution >= 0.6 is 0 Å². The van der Waals surface area contributed by atoms with Gasteiger partial charge < -0.3 is 14.2 Å². The lowest BCUT2D eigenvalue weighted by atomic mass is 10.1. The third-order valence-electron chi connectivity index (χ3n) is 4.62. The van der Waals surface area contributed by atoms with Gasteiger partial charge in [-0.1, -0.05) is 0 Å². The number of likely N-dealkylation sites (N-methyl/N-ethyl adjacent to an activating group) is 1. The molecular weight excluding hydrogens is 278 g/mol. The molecule has 1 aromatic heterocycles. The van der Waals surface area contributed by atoms with Crippen molar-refractivity contribution in [2.75, 3.05) is 66.6 Å². The first-order valence-electron chi connectivity index (χ1n) is 8.38. The fraction of sp³-hybridized carbons (Fsp3) is 0.812. The molecule has 124 valence electrons. The number of rotatable bonds is 5. The van der Waals surface area contributed by atoms with Crippen LogP contribution < -0.4 is 0 Å². The van der Waals surface area contributed by atoms with Gasteiger partial charge in [0.15, 0.2) is 0 Å². The van der Waals surface area contributed by atoms with Crippen molar-refractivity contribution in [3.8, 4) is 0 Å². The van der Waals surface area contributed by atoms with E-state index < -0.39 is 0 Å². The second-order valence-corrected chi connectivity index (χ2v) is 6.81. The molecule has 22 heavy (non-hydrogen) atoms. The van der Waals surface area contributed by atoms with E-state index in [0.717, 1.165) is 59.0 Å². The molecule has 3 rings (SSSR count). The third kappa shape index (κ3) is 4.29. The van der Waals surface area contributed by atoms with Gasteiger partial charge in [0.2, 0.25) is 0 Å². The Labute approximate surface area is 133 Å². The van der Waals surface area contributed by atoms with Crippen LogP contribution in [-0.2, 0) is 17.8 Å². The second kappa shape index (κ2) is 7.55. The number of fused-ring (bicyclic) bond motifs is 1. The predicted octanol–water partition coefficient (Wildman–Crippen LogP) is 0.209. The monoisotopic (exact) mass is 307 g/mol. The van der Waals surface area contributed by atoms with Crippen LogP contribution in [0, 0.1) is 5.92 Å². The zero-order chi connectivity index (χ0) is 15.4. The number of imidazole rings is 1. The summed E-state index contributed by atoms with van der Waals surface area (Å²) < 4.78 is 7.82. The molecule has 0 aromatic carbocycles. The molecule has 0 spiro atoms. The van der Waals surface area contributed by atoms with Gasteiger partial charge in [-0.25, -0.2) is 4.98 Å². The molecule has 1 aromatic rings.